The summed E-state index contributed by atoms with van der Waals surface area (Å²) in [6, 6.07) is 0. The van der Waals surface area contributed by atoms with Gasteiger partial charge in [0, 0.05) is 26.8 Å². The van der Waals surface area contributed by atoms with Crippen LogP contribution in [0.1, 0.15) is 6.92 Å². The molecule has 0 fully saturated rings. The summed E-state index contributed by atoms with van der Waals surface area (Å²) in [5.74, 6) is 0. The van der Waals surface area contributed by atoms with Crippen LogP contribution in [0.4, 0.5) is 13.2 Å². The maximum atomic E-state index is 12.2. The maximum absolute atomic E-state index is 12.2. The van der Waals surface area contributed by atoms with Gasteiger partial charge in [0.25, 0.3) is 0 Å². The Morgan fingerprint density at radius 2 is 1.77 bits per heavy atom. The summed E-state index contributed by atoms with van der Waals surface area (Å²) in [6.45, 7) is 1.59. The summed E-state index contributed by atoms with van der Waals surface area (Å²) < 4.78 is 36.5. The fourth-order valence-corrected chi connectivity index (χ4v) is 0.600. The van der Waals surface area contributed by atoms with Crippen LogP contribution in [0.5, 0.6) is 0 Å². The maximum Gasteiger partial charge on any atom is 0.432 e. The Morgan fingerprint density at radius 3 is 2.00 bits per heavy atom. The van der Waals surface area contributed by atoms with Crippen molar-refractivity contribution < 1.29 is 13.2 Å². The van der Waals surface area contributed by atoms with Gasteiger partial charge in [0.1, 0.15) is 5.71 Å². The summed E-state index contributed by atoms with van der Waals surface area (Å²) >= 11 is 0. The molecule has 5 heteroatoms. The van der Waals surface area contributed by atoms with Gasteiger partial charge in [-0.15, -0.1) is 0 Å². The normalized spacial score (nSPS) is 14.7. The molecule has 0 saturated heterocycles. The minimum Gasteiger partial charge on any atom is -0.381 e. The van der Waals surface area contributed by atoms with Crippen LogP contribution in [0.15, 0.2) is 16.8 Å². The topological polar surface area (TPSA) is 15.6 Å². The monoisotopic (exact) mass is 194 g/mol. The predicted molar refractivity (Wildman–Crippen MR) is 46.9 cm³/mol. The van der Waals surface area contributed by atoms with Crippen LogP contribution in [0.25, 0.3) is 0 Å². The zero-order chi connectivity index (χ0) is 10.6. The van der Waals surface area contributed by atoms with Crippen LogP contribution < -0.4 is 0 Å². The number of rotatable bonds is 2. The molecule has 2 nitrogen and oxygen atoms in total. The second kappa shape index (κ2) is 4.30. The van der Waals surface area contributed by atoms with Gasteiger partial charge in [0.2, 0.25) is 0 Å². The summed E-state index contributed by atoms with van der Waals surface area (Å²) in [7, 11) is 4.48. The van der Waals surface area contributed by atoms with Gasteiger partial charge in [-0.05, 0) is 13.0 Å². The minimum atomic E-state index is -4.37. The molecule has 0 saturated carbocycles. The van der Waals surface area contributed by atoms with Crippen molar-refractivity contribution in [3.63, 3.8) is 0 Å². The van der Waals surface area contributed by atoms with E-state index in [0.29, 0.717) is 5.70 Å². The molecule has 0 aliphatic heterocycles. The number of hydrogen-bond acceptors (Lipinski definition) is 2. The fraction of sp³-hybridized carbons (Fsp3) is 0.625. The number of nitrogens with zero attached hydrogens (tertiary/aromatic N) is 2. The number of halogens is 3. The standard InChI is InChI=1S/C8H13F3N2/c1-6(13(3)4)5-7(12-2)8(9,10)11/h5H,1-4H3/b6-5-,12-7?. The molecule has 13 heavy (non-hydrogen) atoms. The van der Waals surface area contributed by atoms with Crippen LogP contribution in [0.3, 0.4) is 0 Å². The zero-order valence-corrected chi connectivity index (χ0v) is 8.11. The van der Waals surface area contributed by atoms with Crippen molar-refractivity contribution >= 4 is 5.71 Å². The fourth-order valence-electron chi connectivity index (χ4n) is 0.600. The van der Waals surface area contributed by atoms with E-state index in [1.54, 1.807) is 25.9 Å². The van der Waals surface area contributed by atoms with Crippen molar-refractivity contribution in [1.29, 1.82) is 0 Å². The molecule has 0 rings (SSSR count). The third-order valence-corrected chi connectivity index (χ3v) is 1.58. The van der Waals surface area contributed by atoms with Gasteiger partial charge in [-0.3, -0.25) is 4.99 Å². The Morgan fingerprint density at radius 1 is 1.31 bits per heavy atom. The molecule has 0 radical (unpaired) electrons. The molecule has 0 amide bonds. The molecule has 0 aromatic carbocycles. The molecule has 76 valence electrons. The summed E-state index contributed by atoms with van der Waals surface area (Å²) in [6.07, 6.45) is -3.36. The molecule has 0 atom stereocenters. The van der Waals surface area contributed by atoms with Crippen LogP contribution in [-0.2, 0) is 0 Å². The van der Waals surface area contributed by atoms with Gasteiger partial charge >= 0.3 is 6.18 Å². The second-order valence-electron chi connectivity index (χ2n) is 2.79. The van der Waals surface area contributed by atoms with E-state index >= 15 is 0 Å². The van der Waals surface area contributed by atoms with E-state index in [1.807, 2.05) is 0 Å². The Hall–Kier alpha value is -1.00. The van der Waals surface area contributed by atoms with Crippen molar-refractivity contribution in [1.82, 2.24) is 4.90 Å². The van der Waals surface area contributed by atoms with E-state index in [9.17, 15) is 13.2 Å². The molecule has 0 aromatic rings. The number of hydrogen-bond donors (Lipinski definition) is 0. The SMILES string of the molecule is CN=C(/C=C(/C)N(C)C)C(F)(F)F. The summed E-state index contributed by atoms with van der Waals surface area (Å²) in [5, 5.41) is 0. The van der Waals surface area contributed by atoms with Gasteiger partial charge < -0.3 is 4.90 Å². The molecule has 0 aliphatic carbocycles. The minimum absolute atomic E-state index is 0.512. The van der Waals surface area contributed by atoms with Crippen molar-refractivity contribution in [2.45, 2.75) is 13.1 Å². The molecular formula is C8H13F3N2. The van der Waals surface area contributed by atoms with E-state index in [2.05, 4.69) is 4.99 Å². The highest BCUT2D eigenvalue weighted by Crippen LogP contribution is 2.19. The van der Waals surface area contributed by atoms with Crippen LogP contribution in [0, 0.1) is 0 Å². The van der Waals surface area contributed by atoms with Crippen LogP contribution in [-0.4, -0.2) is 37.9 Å². The van der Waals surface area contributed by atoms with Crippen molar-refractivity contribution in [2.24, 2.45) is 4.99 Å². The van der Waals surface area contributed by atoms with E-state index in [4.69, 9.17) is 0 Å². The summed E-state index contributed by atoms with van der Waals surface area (Å²) in [4.78, 5) is 4.76. The van der Waals surface area contributed by atoms with E-state index in [1.165, 1.54) is 0 Å². The Kier molecular flexibility index (Phi) is 3.97. The number of alkyl halides is 3. The first-order valence-corrected chi connectivity index (χ1v) is 3.68. The van der Waals surface area contributed by atoms with Gasteiger partial charge in [-0.2, -0.15) is 13.2 Å². The number of allylic oxidation sites excluding steroid dienone is 2. The van der Waals surface area contributed by atoms with Gasteiger partial charge in [-0.25, -0.2) is 0 Å². The van der Waals surface area contributed by atoms with Crippen molar-refractivity contribution in [3.05, 3.63) is 11.8 Å². The molecule has 0 aromatic heterocycles. The Labute approximate surface area is 75.8 Å². The first-order valence-electron chi connectivity index (χ1n) is 3.68. The van der Waals surface area contributed by atoms with E-state index in [-0.39, 0.29) is 0 Å². The lowest BCUT2D eigenvalue weighted by Gasteiger charge is -2.14. The molecule has 0 aliphatic rings. The number of aliphatic imine (C=N–C) groups is 1. The Balaban J connectivity index is 4.77. The third kappa shape index (κ3) is 3.96. The van der Waals surface area contributed by atoms with Gasteiger partial charge in [0.05, 0.1) is 0 Å². The van der Waals surface area contributed by atoms with Gasteiger partial charge in [-0.1, -0.05) is 0 Å². The smallest absolute Gasteiger partial charge is 0.381 e. The molecule has 0 unspecified atom stereocenters. The second-order valence-corrected chi connectivity index (χ2v) is 2.79. The van der Waals surface area contributed by atoms with Crippen molar-refractivity contribution in [3.8, 4) is 0 Å². The average Bonchev–Trinajstić information content (AvgIpc) is 1.96. The lowest BCUT2D eigenvalue weighted by Crippen LogP contribution is -2.22. The molecule has 0 N–H and O–H groups in total. The zero-order valence-electron chi connectivity index (χ0n) is 8.11. The highest BCUT2D eigenvalue weighted by molar-refractivity contribution is 5.99. The molecule has 0 heterocycles. The Bertz CT molecular complexity index is 226. The largest absolute Gasteiger partial charge is 0.432 e. The lowest BCUT2D eigenvalue weighted by atomic mass is 10.3. The lowest BCUT2D eigenvalue weighted by molar-refractivity contribution is -0.0578. The quantitative estimate of drug-likeness (QED) is 0.614. The van der Waals surface area contributed by atoms with E-state index < -0.39 is 11.9 Å². The first kappa shape index (κ1) is 12.0. The average molecular weight is 194 g/mol. The van der Waals surface area contributed by atoms with Crippen LogP contribution in [0.2, 0.25) is 0 Å². The summed E-state index contributed by atoms with van der Waals surface area (Å²) in [5.41, 5.74) is -0.350. The molecule has 0 spiro atoms. The molecular weight excluding hydrogens is 181 g/mol. The van der Waals surface area contributed by atoms with Crippen LogP contribution >= 0.6 is 0 Å². The highest BCUT2D eigenvalue weighted by Gasteiger charge is 2.33. The predicted octanol–water partition coefficient (Wildman–Crippen LogP) is 2.08. The van der Waals surface area contributed by atoms with Crippen molar-refractivity contribution in [2.75, 3.05) is 21.1 Å². The third-order valence-electron chi connectivity index (χ3n) is 1.58. The van der Waals surface area contributed by atoms with E-state index in [0.717, 1.165) is 13.1 Å². The first-order chi connectivity index (χ1) is 5.79. The highest BCUT2D eigenvalue weighted by atomic mass is 19.4. The van der Waals surface area contributed by atoms with Gasteiger partial charge in [0.15, 0.2) is 0 Å². The molecule has 0 bridgehead atoms.